The average molecular weight is 508 g/mol. The number of carbonyl (C=O) groups is 1. The van der Waals surface area contributed by atoms with Crippen molar-refractivity contribution in [1.82, 2.24) is 29.5 Å². The van der Waals surface area contributed by atoms with Crippen molar-refractivity contribution in [2.24, 2.45) is 0 Å². The van der Waals surface area contributed by atoms with Gasteiger partial charge in [0, 0.05) is 17.5 Å². The number of aromatic nitrogens is 5. The first-order chi connectivity index (χ1) is 18.3. The van der Waals surface area contributed by atoms with Gasteiger partial charge >= 0.3 is 0 Å². The molecule has 0 saturated heterocycles. The van der Waals surface area contributed by atoms with Crippen LogP contribution in [0.5, 0.6) is 0 Å². The summed E-state index contributed by atoms with van der Waals surface area (Å²) in [4.78, 5) is 36.4. The molecule has 0 aliphatic rings. The summed E-state index contributed by atoms with van der Waals surface area (Å²) >= 11 is 0. The Morgan fingerprint density at radius 1 is 1.11 bits per heavy atom. The van der Waals surface area contributed by atoms with E-state index in [9.17, 15) is 14.7 Å². The van der Waals surface area contributed by atoms with Gasteiger partial charge in [-0.05, 0) is 51.1 Å². The predicted octanol–water partition coefficient (Wildman–Crippen LogP) is 2.54. The van der Waals surface area contributed by atoms with Gasteiger partial charge in [0.2, 0.25) is 0 Å². The summed E-state index contributed by atoms with van der Waals surface area (Å²) < 4.78 is 2.97. The highest BCUT2D eigenvalue weighted by atomic mass is 16.3. The molecule has 0 aliphatic carbocycles. The van der Waals surface area contributed by atoms with Crippen molar-refractivity contribution in [2.75, 3.05) is 5.73 Å². The fourth-order valence-electron chi connectivity index (χ4n) is 4.28. The number of anilines is 1. The topological polar surface area (TPSA) is 140 Å². The summed E-state index contributed by atoms with van der Waals surface area (Å²) in [6, 6.07) is 15.3. The molecule has 0 aliphatic heterocycles. The molecule has 0 bridgehead atoms. The van der Waals surface area contributed by atoms with E-state index < -0.39 is 18.1 Å². The van der Waals surface area contributed by atoms with Crippen LogP contribution >= 0.6 is 0 Å². The summed E-state index contributed by atoms with van der Waals surface area (Å²) in [5, 5.41) is 17.1. The molecule has 2 aromatic carbocycles. The quantitative estimate of drug-likeness (QED) is 0.318. The molecule has 0 fully saturated rings. The fraction of sp³-hybridized carbons (Fsp3) is 0.179. The monoisotopic (exact) mass is 507 g/mol. The van der Waals surface area contributed by atoms with Gasteiger partial charge in [0.05, 0.1) is 22.6 Å². The molecule has 4 N–H and O–H groups in total. The number of fused-ring (bicyclic) bond motifs is 2. The van der Waals surface area contributed by atoms with Gasteiger partial charge < -0.3 is 16.2 Å². The number of rotatable bonds is 4. The van der Waals surface area contributed by atoms with Gasteiger partial charge in [0.15, 0.2) is 11.5 Å². The third kappa shape index (κ3) is 4.36. The van der Waals surface area contributed by atoms with Gasteiger partial charge in [0.25, 0.3) is 11.5 Å². The number of para-hydroxylation sites is 1. The highest BCUT2D eigenvalue weighted by Crippen LogP contribution is 2.22. The summed E-state index contributed by atoms with van der Waals surface area (Å²) in [5.74, 6) is 5.45. The molecule has 5 aromatic rings. The Morgan fingerprint density at radius 3 is 2.61 bits per heavy atom. The largest absolute Gasteiger partial charge is 0.381 e. The van der Waals surface area contributed by atoms with Crippen LogP contribution < -0.4 is 16.6 Å². The van der Waals surface area contributed by atoms with Crippen molar-refractivity contribution < 1.29 is 9.90 Å². The molecule has 5 rings (SSSR count). The Morgan fingerprint density at radius 2 is 1.87 bits per heavy atom. The van der Waals surface area contributed by atoms with Crippen LogP contribution in [0, 0.1) is 18.8 Å². The lowest BCUT2D eigenvalue weighted by molar-refractivity contribution is 0.0940. The maximum atomic E-state index is 13.9. The molecule has 2 atom stereocenters. The van der Waals surface area contributed by atoms with Crippen LogP contribution in [0.4, 0.5) is 5.82 Å². The minimum atomic E-state index is -0.852. The molecule has 1 amide bonds. The second kappa shape index (κ2) is 9.80. The average Bonchev–Trinajstić information content (AvgIpc) is 3.24. The van der Waals surface area contributed by atoms with Crippen molar-refractivity contribution in [3.8, 4) is 17.5 Å². The van der Waals surface area contributed by atoms with Crippen molar-refractivity contribution in [3.05, 3.63) is 93.8 Å². The molecular formula is C28H25N7O3. The zero-order chi connectivity index (χ0) is 27.0. The standard InChI is InChI=1S/C28H25N7O3/c1-16-14-15-30-26-23(24(29)33-35(16)26)27(37)31-18(3)25-32-21-11-7-8-19(13-12-17(2)36)22(21)28(38)34(25)20-9-5-4-6-10-20/h4-11,14-15,17-18,36H,1-3H3,(H2,29,33)(H,31,37)/t17-,18+/m0/s1. The molecule has 0 saturated carbocycles. The first-order valence-corrected chi connectivity index (χ1v) is 12.0. The molecule has 190 valence electrons. The summed E-state index contributed by atoms with van der Waals surface area (Å²) in [7, 11) is 0. The van der Waals surface area contributed by atoms with E-state index in [0.29, 0.717) is 33.6 Å². The summed E-state index contributed by atoms with van der Waals surface area (Å²) in [6.45, 7) is 5.13. The number of hydrogen-bond acceptors (Lipinski definition) is 7. The van der Waals surface area contributed by atoms with Crippen LogP contribution in [-0.4, -0.2) is 41.3 Å². The number of nitrogens with zero attached hydrogens (tertiary/aromatic N) is 5. The maximum absolute atomic E-state index is 13.9. The number of aryl methyl sites for hydroxylation is 1. The number of amides is 1. The van der Waals surface area contributed by atoms with E-state index in [1.807, 2.05) is 25.1 Å². The second-order valence-electron chi connectivity index (χ2n) is 8.87. The Labute approximate surface area is 217 Å². The van der Waals surface area contributed by atoms with E-state index in [-0.39, 0.29) is 16.9 Å². The Hall–Kier alpha value is -5.01. The number of benzene rings is 2. The number of aliphatic hydroxyl groups is 1. The lowest BCUT2D eigenvalue weighted by Gasteiger charge is -2.20. The van der Waals surface area contributed by atoms with Crippen LogP contribution in [0.3, 0.4) is 0 Å². The minimum Gasteiger partial charge on any atom is -0.381 e. The molecule has 0 unspecified atom stereocenters. The number of hydrogen-bond donors (Lipinski definition) is 3. The third-order valence-electron chi connectivity index (χ3n) is 6.05. The van der Waals surface area contributed by atoms with Crippen molar-refractivity contribution in [3.63, 3.8) is 0 Å². The summed E-state index contributed by atoms with van der Waals surface area (Å²) in [5.41, 5.74) is 8.45. The number of aliphatic hydroxyl groups excluding tert-OH is 1. The zero-order valence-electron chi connectivity index (χ0n) is 21.0. The van der Waals surface area contributed by atoms with Gasteiger partial charge in [-0.2, -0.15) is 0 Å². The van der Waals surface area contributed by atoms with Crippen LogP contribution in [0.15, 0.2) is 65.6 Å². The number of carbonyl (C=O) groups excluding carboxylic acids is 1. The highest BCUT2D eigenvalue weighted by molar-refractivity contribution is 6.04. The number of nitrogens with one attached hydrogen (secondary N) is 1. The summed E-state index contributed by atoms with van der Waals surface area (Å²) in [6.07, 6.45) is 0.733. The number of nitrogens with two attached hydrogens (primary N) is 1. The van der Waals surface area contributed by atoms with E-state index in [4.69, 9.17) is 10.7 Å². The normalized spacial score (nSPS) is 12.6. The van der Waals surface area contributed by atoms with Crippen LogP contribution in [0.2, 0.25) is 0 Å². The Kier molecular flexibility index (Phi) is 6.36. The van der Waals surface area contributed by atoms with Crippen LogP contribution in [0.25, 0.3) is 22.2 Å². The second-order valence-corrected chi connectivity index (χ2v) is 8.87. The fourth-order valence-corrected chi connectivity index (χ4v) is 4.28. The molecule has 3 aromatic heterocycles. The van der Waals surface area contributed by atoms with E-state index in [2.05, 4.69) is 27.2 Å². The van der Waals surface area contributed by atoms with Crippen molar-refractivity contribution in [2.45, 2.75) is 32.9 Å². The van der Waals surface area contributed by atoms with Gasteiger partial charge in [-0.15, -0.1) is 5.10 Å². The molecular weight excluding hydrogens is 482 g/mol. The van der Waals surface area contributed by atoms with E-state index in [0.717, 1.165) is 5.69 Å². The SMILES string of the molecule is Cc1ccnc2c(C(=O)N[C@H](C)c3nc4cccc(C#C[C@H](C)O)c4c(=O)n3-c3ccccc3)c(N)nn12. The Balaban J connectivity index is 1.65. The van der Waals surface area contributed by atoms with Crippen molar-refractivity contribution >= 4 is 28.3 Å². The van der Waals surface area contributed by atoms with Gasteiger partial charge in [0.1, 0.15) is 17.5 Å². The number of nitrogen functional groups attached to an aromatic ring is 1. The van der Waals surface area contributed by atoms with E-state index >= 15 is 0 Å². The van der Waals surface area contributed by atoms with Gasteiger partial charge in [-0.1, -0.05) is 36.1 Å². The third-order valence-corrected chi connectivity index (χ3v) is 6.05. The van der Waals surface area contributed by atoms with Crippen molar-refractivity contribution in [1.29, 1.82) is 0 Å². The van der Waals surface area contributed by atoms with Gasteiger partial charge in [-0.25, -0.2) is 14.5 Å². The van der Waals surface area contributed by atoms with Gasteiger partial charge in [-0.3, -0.25) is 14.2 Å². The van der Waals surface area contributed by atoms with Crippen LogP contribution in [-0.2, 0) is 0 Å². The molecule has 38 heavy (non-hydrogen) atoms. The maximum Gasteiger partial charge on any atom is 0.267 e. The molecule has 10 heteroatoms. The lowest BCUT2D eigenvalue weighted by Crippen LogP contribution is -2.33. The predicted molar refractivity (Wildman–Crippen MR) is 144 cm³/mol. The smallest absolute Gasteiger partial charge is 0.267 e. The highest BCUT2D eigenvalue weighted by Gasteiger charge is 2.25. The van der Waals surface area contributed by atoms with E-state index in [1.165, 1.54) is 9.08 Å². The first kappa shape index (κ1) is 24.7. The zero-order valence-corrected chi connectivity index (χ0v) is 21.0. The molecule has 3 heterocycles. The Bertz CT molecular complexity index is 1810. The lowest BCUT2D eigenvalue weighted by atomic mass is 10.1. The molecule has 10 nitrogen and oxygen atoms in total. The molecule has 0 spiro atoms. The van der Waals surface area contributed by atoms with E-state index in [1.54, 1.807) is 56.4 Å². The first-order valence-electron chi connectivity index (χ1n) is 12.0. The molecule has 0 radical (unpaired) electrons. The van der Waals surface area contributed by atoms with Crippen LogP contribution in [0.1, 0.15) is 47.3 Å². The minimum absolute atomic E-state index is 0.0461.